The maximum atomic E-state index is 13.0. The van der Waals surface area contributed by atoms with E-state index in [0.29, 0.717) is 12.0 Å². The van der Waals surface area contributed by atoms with E-state index in [1.54, 1.807) is 0 Å². The minimum atomic E-state index is -0.0420. The third-order valence-electron chi connectivity index (χ3n) is 6.60. The quantitative estimate of drug-likeness (QED) is 0.892. The van der Waals surface area contributed by atoms with Crippen molar-refractivity contribution in [2.45, 2.75) is 51.1 Å². The van der Waals surface area contributed by atoms with Gasteiger partial charge in [0.1, 0.15) is 0 Å². The molecule has 134 valence electrons. The number of nitrogens with one attached hydrogen (secondary N) is 1. The van der Waals surface area contributed by atoms with Gasteiger partial charge in [-0.05, 0) is 74.5 Å². The molecule has 1 aromatic rings. The molecule has 3 aliphatic heterocycles. The molecule has 2 saturated carbocycles. The number of fused-ring (bicyclic) bond motifs is 2. The van der Waals surface area contributed by atoms with Gasteiger partial charge in [-0.15, -0.1) is 0 Å². The Balaban J connectivity index is 1.30. The number of rotatable bonds is 2. The summed E-state index contributed by atoms with van der Waals surface area (Å²) in [6, 6.07) is 6.41. The highest BCUT2D eigenvalue weighted by atomic mass is 16.7. The van der Waals surface area contributed by atoms with Crippen LogP contribution in [0.5, 0.6) is 11.5 Å². The summed E-state index contributed by atoms with van der Waals surface area (Å²) >= 11 is 0. The summed E-state index contributed by atoms with van der Waals surface area (Å²) in [6.45, 7) is 3.26. The Hall–Kier alpha value is -1.91. The Bertz CT molecular complexity index is 678. The van der Waals surface area contributed by atoms with Crippen molar-refractivity contribution in [3.63, 3.8) is 0 Å². The van der Waals surface area contributed by atoms with Gasteiger partial charge in [0.05, 0.1) is 6.04 Å². The molecule has 3 heterocycles. The number of hydrogen-bond acceptors (Lipinski definition) is 3. The number of benzene rings is 1. The first-order valence-corrected chi connectivity index (χ1v) is 9.62. The Morgan fingerprint density at radius 1 is 1.08 bits per heavy atom. The van der Waals surface area contributed by atoms with Crippen molar-refractivity contribution >= 4 is 6.03 Å². The zero-order valence-corrected chi connectivity index (χ0v) is 14.7. The Kier molecular flexibility index (Phi) is 3.57. The minimum Gasteiger partial charge on any atom is -0.454 e. The molecule has 0 aromatic heterocycles. The van der Waals surface area contributed by atoms with Crippen molar-refractivity contribution in [1.82, 2.24) is 10.2 Å². The number of carbonyl (C=O) groups excluding carboxylic acids is 1. The molecule has 1 aromatic carbocycles. The van der Waals surface area contributed by atoms with Crippen LogP contribution in [-0.4, -0.2) is 30.3 Å². The molecule has 2 unspecified atom stereocenters. The van der Waals surface area contributed by atoms with Crippen molar-refractivity contribution in [2.75, 3.05) is 13.3 Å². The van der Waals surface area contributed by atoms with Gasteiger partial charge in [-0.2, -0.15) is 0 Å². The second-order valence-corrected chi connectivity index (χ2v) is 8.37. The third kappa shape index (κ3) is 2.74. The van der Waals surface area contributed by atoms with Crippen LogP contribution in [-0.2, 0) is 0 Å². The van der Waals surface area contributed by atoms with Gasteiger partial charge in [-0.25, -0.2) is 4.79 Å². The van der Waals surface area contributed by atoms with E-state index in [1.165, 1.54) is 32.1 Å². The molecule has 5 heteroatoms. The van der Waals surface area contributed by atoms with Crippen LogP contribution < -0.4 is 14.8 Å². The number of nitrogens with zero attached hydrogens (tertiary/aromatic N) is 1. The highest BCUT2D eigenvalue weighted by molar-refractivity contribution is 5.75. The number of carbonyl (C=O) groups is 1. The minimum absolute atomic E-state index is 0.0420. The van der Waals surface area contributed by atoms with Crippen molar-refractivity contribution in [1.29, 1.82) is 0 Å². The molecule has 0 spiro atoms. The number of urea groups is 1. The molecule has 4 fully saturated rings. The second-order valence-electron chi connectivity index (χ2n) is 8.37. The topological polar surface area (TPSA) is 50.8 Å². The van der Waals surface area contributed by atoms with Gasteiger partial charge in [0.25, 0.3) is 0 Å². The van der Waals surface area contributed by atoms with Gasteiger partial charge in [0, 0.05) is 12.6 Å². The SMILES string of the molecule is C[C@H](NC(=O)N1CC2C[C@@H]3CC1C[C@H](C2)C3)c1ccc2c(c1)OCO2. The molecule has 5 atom stereocenters. The summed E-state index contributed by atoms with van der Waals surface area (Å²) < 4.78 is 10.8. The number of amides is 2. The van der Waals surface area contributed by atoms with Gasteiger partial charge in [-0.1, -0.05) is 6.07 Å². The molecular formula is C20H26N2O3. The first-order valence-electron chi connectivity index (χ1n) is 9.62. The van der Waals surface area contributed by atoms with E-state index in [0.717, 1.165) is 35.4 Å². The molecular weight excluding hydrogens is 316 g/mol. The molecule has 0 radical (unpaired) electrons. The first kappa shape index (κ1) is 15.4. The maximum absolute atomic E-state index is 13.0. The van der Waals surface area contributed by atoms with Crippen LogP contribution in [0, 0.1) is 17.8 Å². The van der Waals surface area contributed by atoms with E-state index in [1.807, 2.05) is 25.1 Å². The van der Waals surface area contributed by atoms with Gasteiger partial charge in [-0.3, -0.25) is 0 Å². The molecule has 1 N–H and O–H groups in total. The molecule has 2 amide bonds. The average molecular weight is 342 g/mol. The Morgan fingerprint density at radius 3 is 2.60 bits per heavy atom. The van der Waals surface area contributed by atoms with E-state index in [-0.39, 0.29) is 18.9 Å². The van der Waals surface area contributed by atoms with Gasteiger partial charge in [0.15, 0.2) is 11.5 Å². The van der Waals surface area contributed by atoms with Gasteiger partial charge >= 0.3 is 6.03 Å². The molecule has 25 heavy (non-hydrogen) atoms. The molecule has 2 aliphatic carbocycles. The highest BCUT2D eigenvalue weighted by Crippen LogP contribution is 2.47. The zero-order chi connectivity index (χ0) is 17.0. The Labute approximate surface area is 148 Å². The van der Waals surface area contributed by atoms with Crippen molar-refractivity contribution in [3.8, 4) is 11.5 Å². The van der Waals surface area contributed by atoms with Crippen molar-refractivity contribution in [2.24, 2.45) is 17.8 Å². The fourth-order valence-electron chi connectivity index (χ4n) is 5.57. The summed E-state index contributed by atoms with van der Waals surface area (Å²) in [5.74, 6) is 3.97. The van der Waals surface area contributed by atoms with Crippen LogP contribution in [0.15, 0.2) is 18.2 Å². The Morgan fingerprint density at radius 2 is 1.80 bits per heavy atom. The fourth-order valence-corrected chi connectivity index (χ4v) is 5.57. The number of hydrogen-bond donors (Lipinski definition) is 1. The monoisotopic (exact) mass is 342 g/mol. The van der Waals surface area contributed by atoms with Crippen LogP contribution in [0.2, 0.25) is 0 Å². The van der Waals surface area contributed by atoms with Gasteiger partial charge in [0.2, 0.25) is 6.79 Å². The lowest BCUT2D eigenvalue weighted by Crippen LogP contribution is -2.47. The standard InChI is InChI=1S/C20H26N2O3/c1-12(16-2-3-18-19(9-16)25-11-24-18)21-20(23)22-10-15-5-13-4-14(6-15)8-17(22)7-13/h2-3,9,12-15,17H,4-8,10-11H2,1H3,(H,21,23)/t12-,13-,14+,15?,17?/m0/s1. The normalized spacial score (nSPS) is 33.2. The third-order valence-corrected chi connectivity index (χ3v) is 6.60. The van der Waals surface area contributed by atoms with E-state index in [2.05, 4.69) is 10.2 Å². The average Bonchev–Trinajstić information content (AvgIpc) is 2.97. The van der Waals surface area contributed by atoms with Crippen molar-refractivity contribution in [3.05, 3.63) is 23.8 Å². The van der Waals surface area contributed by atoms with Crippen molar-refractivity contribution < 1.29 is 14.3 Å². The summed E-state index contributed by atoms with van der Waals surface area (Å²) in [7, 11) is 0. The predicted molar refractivity (Wildman–Crippen MR) is 93.6 cm³/mol. The van der Waals surface area contributed by atoms with Crippen LogP contribution in [0.1, 0.15) is 50.6 Å². The van der Waals surface area contributed by atoms with E-state index in [9.17, 15) is 4.79 Å². The van der Waals surface area contributed by atoms with Crippen LogP contribution >= 0.6 is 0 Å². The number of ether oxygens (including phenoxy) is 2. The summed E-state index contributed by atoms with van der Waals surface area (Å²) in [6.07, 6.45) is 6.47. The summed E-state index contributed by atoms with van der Waals surface area (Å²) in [5.41, 5.74) is 1.05. The smallest absolute Gasteiger partial charge is 0.318 e. The van der Waals surface area contributed by atoms with E-state index < -0.39 is 0 Å². The van der Waals surface area contributed by atoms with E-state index >= 15 is 0 Å². The molecule has 6 rings (SSSR count). The fraction of sp³-hybridized carbons (Fsp3) is 0.650. The largest absolute Gasteiger partial charge is 0.454 e. The van der Waals surface area contributed by atoms with Crippen LogP contribution in [0.4, 0.5) is 4.79 Å². The lowest BCUT2D eigenvalue weighted by Gasteiger charge is -2.39. The first-order chi connectivity index (χ1) is 12.2. The lowest BCUT2D eigenvalue weighted by molar-refractivity contribution is 0.130. The molecule has 5 aliphatic rings. The zero-order valence-electron chi connectivity index (χ0n) is 14.7. The van der Waals surface area contributed by atoms with Crippen LogP contribution in [0.3, 0.4) is 0 Å². The second kappa shape index (κ2) is 5.82. The molecule has 5 nitrogen and oxygen atoms in total. The summed E-state index contributed by atoms with van der Waals surface area (Å²) in [4.78, 5) is 15.1. The molecule has 4 bridgehead atoms. The lowest BCUT2D eigenvalue weighted by atomic mass is 9.68. The van der Waals surface area contributed by atoms with E-state index in [4.69, 9.17) is 9.47 Å². The summed E-state index contributed by atoms with van der Waals surface area (Å²) in [5, 5.41) is 3.22. The van der Waals surface area contributed by atoms with Crippen LogP contribution in [0.25, 0.3) is 0 Å². The highest BCUT2D eigenvalue weighted by Gasteiger charge is 2.44. The van der Waals surface area contributed by atoms with Gasteiger partial charge < -0.3 is 19.7 Å². The molecule has 2 saturated heterocycles. The maximum Gasteiger partial charge on any atom is 0.318 e. The predicted octanol–water partition coefficient (Wildman–Crippen LogP) is 3.70.